The van der Waals surface area contributed by atoms with Crippen molar-refractivity contribution in [3.63, 3.8) is 0 Å². The fraction of sp³-hybridized carbons (Fsp3) is 0.385. The van der Waals surface area contributed by atoms with E-state index in [1.54, 1.807) is 6.20 Å². The predicted molar refractivity (Wildman–Crippen MR) is 69.2 cm³/mol. The number of rotatable bonds is 6. The Balaban J connectivity index is 1.74. The second-order valence-electron chi connectivity index (χ2n) is 4.17. The lowest BCUT2D eigenvalue weighted by Gasteiger charge is -2.07. The highest BCUT2D eigenvalue weighted by atomic mass is 16.5. The minimum absolute atomic E-state index is 0.464. The van der Waals surface area contributed by atoms with Crippen LogP contribution >= 0.6 is 0 Å². The molecule has 0 bridgehead atoms. The number of nitrogens with zero attached hydrogens (tertiary/aromatic N) is 3. The van der Waals surface area contributed by atoms with Gasteiger partial charge in [-0.1, -0.05) is 22.9 Å². The monoisotopic (exact) mass is 246 g/mol. The Morgan fingerprint density at radius 2 is 2.06 bits per heavy atom. The summed E-state index contributed by atoms with van der Waals surface area (Å²) >= 11 is 0. The molecule has 2 N–H and O–H groups in total. The van der Waals surface area contributed by atoms with Gasteiger partial charge in [-0.05, 0) is 19.1 Å². The van der Waals surface area contributed by atoms with Crippen LogP contribution in [-0.4, -0.2) is 21.6 Å². The summed E-state index contributed by atoms with van der Waals surface area (Å²) in [4.78, 5) is 0. The smallest absolute Gasteiger partial charge is 0.119 e. The van der Waals surface area contributed by atoms with E-state index in [0.717, 1.165) is 24.4 Å². The van der Waals surface area contributed by atoms with Crippen LogP contribution < -0.4 is 10.5 Å². The summed E-state index contributed by atoms with van der Waals surface area (Å²) in [6, 6.07) is 8.05. The van der Waals surface area contributed by atoms with E-state index >= 15 is 0 Å². The number of nitrogens with two attached hydrogens (primary N) is 1. The average molecular weight is 246 g/mol. The number of hydrogen-bond donors (Lipinski definition) is 1. The van der Waals surface area contributed by atoms with Gasteiger partial charge in [0.2, 0.25) is 0 Å². The maximum atomic E-state index is 5.64. The van der Waals surface area contributed by atoms with Crippen LogP contribution in [-0.2, 0) is 13.1 Å². The van der Waals surface area contributed by atoms with Crippen molar-refractivity contribution >= 4 is 0 Å². The van der Waals surface area contributed by atoms with E-state index < -0.39 is 0 Å². The summed E-state index contributed by atoms with van der Waals surface area (Å²) < 4.78 is 7.46. The first kappa shape index (κ1) is 12.6. The minimum atomic E-state index is 0.464. The summed E-state index contributed by atoms with van der Waals surface area (Å²) in [5, 5.41) is 7.81. The number of benzene rings is 1. The molecule has 96 valence electrons. The highest BCUT2D eigenvalue weighted by Gasteiger charge is 2.01. The van der Waals surface area contributed by atoms with Gasteiger partial charge in [-0.2, -0.15) is 0 Å². The van der Waals surface area contributed by atoms with E-state index in [1.165, 1.54) is 5.56 Å². The van der Waals surface area contributed by atoms with Gasteiger partial charge in [0.15, 0.2) is 0 Å². The molecule has 0 radical (unpaired) electrons. The Kier molecular flexibility index (Phi) is 4.30. The highest BCUT2D eigenvalue weighted by Crippen LogP contribution is 2.11. The Morgan fingerprint density at radius 3 is 2.78 bits per heavy atom. The standard InChI is InChI=1S/C13H18N4O/c1-11-3-5-13(6-4-11)18-8-2-7-17-12(9-14)10-15-16-17/h3-6,10H,2,7-9,14H2,1H3. The van der Waals surface area contributed by atoms with Gasteiger partial charge in [0, 0.05) is 19.5 Å². The van der Waals surface area contributed by atoms with Crippen molar-refractivity contribution in [2.45, 2.75) is 26.4 Å². The predicted octanol–water partition coefficient (Wildman–Crippen LogP) is 1.51. The number of aromatic nitrogens is 3. The lowest BCUT2D eigenvalue weighted by molar-refractivity contribution is 0.297. The number of hydrogen-bond acceptors (Lipinski definition) is 4. The van der Waals surface area contributed by atoms with Gasteiger partial charge in [0.25, 0.3) is 0 Å². The van der Waals surface area contributed by atoms with E-state index in [9.17, 15) is 0 Å². The summed E-state index contributed by atoms with van der Waals surface area (Å²) in [5.41, 5.74) is 7.76. The van der Waals surface area contributed by atoms with Crippen LogP contribution in [0.15, 0.2) is 30.5 Å². The quantitative estimate of drug-likeness (QED) is 0.785. The third kappa shape index (κ3) is 3.30. The van der Waals surface area contributed by atoms with E-state index in [0.29, 0.717) is 13.2 Å². The van der Waals surface area contributed by atoms with Gasteiger partial charge in [0.1, 0.15) is 5.75 Å². The number of aryl methyl sites for hydroxylation is 2. The van der Waals surface area contributed by atoms with Crippen LogP contribution in [0.4, 0.5) is 0 Å². The summed E-state index contributed by atoms with van der Waals surface area (Å²) in [5.74, 6) is 0.901. The SMILES string of the molecule is Cc1ccc(OCCCn2nncc2CN)cc1. The van der Waals surface area contributed by atoms with E-state index in [4.69, 9.17) is 10.5 Å². The summed E-state index contributed by atoms with van der Waals surface area (Å²) in [6.45, 7) is 3.96. The average Bonchev–Trinajstić information content (AvgIpc) is 2.84. The molecule has 2 rings (SSSR count). The van der Waals surface area contributed by atoms with Crippen molar-refractivity contribution in [3.8, 4) is 5.75 Å². The fourth-order valence-electron chi connectivity index (χ4n) is 1.66. The van der Waals surface area contributed by atoms with Gasteiger partial charge in [0.05, 0.1) is 18.5 Å². The van der Waals surface area contributed by atoms with Gasteiger partial charge in [-0.25, -0.2) is 4.68 Å². The molecule has 1 heterocycles. The Labute approximate surface area is 107 Å². The molecule has 0 saturated carbocycles. The molecule has 0 atom stereocenters. The third-order valence-corrected chi connectivity index (χ3v) is 2.71. The van der Waals surface area contributed by atoms with Gasteiger partial charge < -0.3 is 10.5 Å². The van der Waals surface area contributed by atoms with Crippen molar-refractivity contribution in [2.24, 2.45) is 5.73 Å². The van der Waals surface area contributed by atoms with Gasteiger partial charge >= 0.3 is 0 Å². The molecule has 0 saturated heterocycles. The van der Waals surface area contributed by atoms with Crippen molar-refractivity contribution in [1.82, 2.24) is 15.0 Å². The van der Waals surface area contributed by atoms with E-state index in [1.807, 2.05) is 28.9 Å². The molecule has 2 aromatic rings. The first-order valence-electron chi connectivity index (χ1n) is 6.06. The normalized spacial score (nSPS) is 10.6. The van der Waals surface area contributed by atoms with Crippen LogP contribution in [0.1, 0.15) is 17.7 Å². The third-order valence-electron chi connectivity index (χ3n) is 2.71. The second kappa shape index (κ2) is 6.16. The molecule has 1 aromatic carbocycles. The zero-order valence-electron chi connectivity index (χ0n) is 10.5. The lowest BCUT2D eigenvalue weighted by Crippen LogP contribution is -2.11. The zero-order valence-corrected chi connectivity index (χ0v) is 10.5. The van der Waals surface area contributed by atoms with Gasteiger partial charge in [-0.3, -0.25) is 0 Å². The first-order valence-corrected chi connectivity index (χ1v) is 6.06. The fourth-order valence-corrected chi connectivity index (χ4v) is 1.66. The molecule has 0 aliphatic rings. The zero-order chi connectivity index (χ0) is 12.8. The van der Waals surface area contributed by atoms with Crippen molar-refractivity contribution < 1.29 is 4.74 Å². The Hall–Kier alpha value is -1.88. The lowest BCUT2D eigenvalue weighted by atomic mass is 10.2. The van der Waals surface area contributed by atoms with Crippen LogP contribution in [0.5, 0.6) is 5.75 Å². The first-order chi connectivity index (χ1) is 8.79. The molecule has 0 aliphatic heterocycles. The van der Waals surface area contributed by atoms with Crippen LogP contribution in [0.2, 0.25) is 0 Å². The molecular formula is C13H18N4O. The maximum absolute atomic E-state index is 5.64. The van der Waals surface area contributed by atoms with Crippen molar-refractivity contribution in [1.29, 1.82) is 0 Å². The van der Waals surface area contributed by atoms with Crippen LogP contribution in [0.25, 0.3) is 0 Å². The molecule has 5 nitrogen and oxygen atoms in total. The summed E-state index contributed by atoms with van der Waals surface area (Å²) in [6.07, 6.45) is 2.57. The molecule has 0 fully saturated rings. The number of ether oxygens (including phenoxy) is 1. The Morgan fingerprint density at radius 1 is 1.28 bits per heavy atom. The van der Waals surface area contributed by atoms with E-state index in [2.05, 4.69) is 17.2 Å². The molecule has 0 unspecified atom stereocenters. The van der Waals surface area contributed by atoms with Crippen LogP contribution in [0.3, 0.4) is 0 Å². The molecular weight excluding hydrogens is 228 g/mol. The van der Waals surface area contributed by atoms with E-state index in [-0.39, 0.29) is 0 Å². The topological polar surface area (TPSA) is 66.0 Å². The summed E-state index contributed by atoms with van der Waals surface area (Å²) in [7, 11) is 0. The molecule has 0 spiro atoms. The largest absolute Gasteiger partial charge is 0.494 e. The molecule has 0 amide bonds. The van der Waals surface area contributed by atoms with Crippen molar-refractivity contribution in [3.05, 3.63) is 41.7 Å². The highest BCUT2D eigenvalue weighted by molar-refractivity contribution is 5.26. The maximum Gasteiger partial charge on any atom is 0.119 e. The molecule has 5 heteroatoms. The molecule has 1 aromatic heterocycles. The molecule has 18 heavy (non-hydrogen) atoms. The minimum Gasteiger partial charge on any atom is -0.494 e. The van der Waals surface area contributed by atoms with Crippen molar-refractivity contribution in [2.75, 3.05) is 6.61 Å². The van der Waals surface area contributed by atoms with Gasteiger partial charge in [-0.15, -0.1) is 5.10 Å². The van der Waals surface area contributed by atoms with Crippen LogP contribution in [0, 0.1) is 6.92 Å². The molecule has 0 aliphatic carbocycles. The second-order valence-corrected chi connectivity index (χ2v) is 4.17. The Bertz CT molecular complexity index is 478.